The lowest BCUT2D eigenvalue weighted by Gasteiger charge is -2.33. The number of hydrogen-bond acceptors (Lipinski definition) is 3. The number of aryl methyl sites for hydroxylation is 1. The molecule has 0 fully saturated rings. The average molecular weight is 344 g/mol. The van der Waals surface area contributed by atoms with E-state index >= 15 is 0 Å². The van der Waals surface area contributed by atoms with Gasteiger partial charge in [-0.1, -0.05) is 39.0 Å². The first-order valence-electron chi connectivity index (χ1n) is 8.41. The summed E-state index contributed by atoms with van der Waals surface area (Å²) < 4.78 is 7.19. The minimum Gasteiger partial charge on any atom is -0.496 e. The highest BCUT2D eigenvalue weighted by Gasteiger charge is 2.30. The summed E-state index contributed by atoms with van der Waals surface area (Å²) in [5, 5.41) is 10.2. The number of ether oxygens (including phenoxy) is 1. The van der Waals surface area contributed by atoms with Crippen molar-refractivity contribution in [1.29, 1.82) is 0 Å². The highest BCUT2D eigenvalue weighted by Crippen LogP contribution is 2.37. The van der Waals surface area contributed by atoms with Crippen molar-refractivity contribution in [2.75, 3.05) is 7.11 Å². The topological polar surface area (TPSA) is 68.2 Å². The SMILES string of the molecule is COc1ccccc1[C@@H](NC(=O)N[C@H](C)c1cnn(C)c1)C(C)(C)C. The van der Waals surface area contributed by atoms with E-state index in [-0.39, 0.29) is 23.5 Å². The third-order valence-corrected chi connectivity index (χ3v) is 4.16. The molecular weight excluding hydrogens is 316 g/mol. The van der Waals surface area contributed by atoms with Gasteiger partial charge in [0.25, 0.3) is 0 Å². The Morgan fingerprint density at radius 1 is 1.24 bits per heavy atom. The van der Waals surface area contributed by atoms with Crippen molar-refractivity contribution >= 4 is 6.03 Å². The second-order valence-electron chi connectivity index (χ2n) is 7.33. The van der Waals surface area contributed by atoms with Crippen LogP contribution in [0.5, 0.6) is 5.75 Å². The predicted octanol–water partition coefficient (Wildman–Crippen LogP) is 3.58. The first-order chi connectivity index (χ1) is 11.7. The third-order valence-electron chi connectivity index (χ3n) is 4.16. The van der Waals surface area contributed by atoms with Crippen molar-refractivity contribution < 1.29 is 9.53 Å². The summed E-state index contributed by atoms with van der Waals surface area (Å²) in [6.07, 6.45) is 3.65. The molecule has 0 bridgehead atoms. The molecule has 2 atom stereocenters. The van der Waals surface area contributed by atoms with Gasteiger partial charge in [0, 0.05) is 24.4 Å². The van der Waals surface area contributed by atoms with Gasteiger partial charge in [-0.3, -0.25) is 4.68 Å². The lowest BCUT2D eigenvalue weighted by Crippen LogP contribution is -2.43. The number of rotatable bonds is 5. The number of nitrogens with one attached hydrogen (secondary N) is 2. The van der Waals surface area contributed by atoms with Crippen LogP contribution in [0.1, 0.15) is 50.9 Å². The van der Waals surface area contributed by atoms with Crippen molar-refractivity contribution in [2.24, 2.45) is 12.5 Å². The molecule has 0 aliphatic carbocycles. The molecule has 0 aliphatic heterocycles. The van der Waals surface area contributed by atoms with Crippen molar-refractivity contribution in [3.63, 3.8) is 0 Å². The number of benzene rings is 1. The predicted molar refractivity (Wildman–Crippen MR) is 98.5 cm³/mol. The largest absolute Gasteiger partial charge is 0.496 e. The fourth-order valence-corrected chi connectivity index (χ4v) is 2.78. The van der Waals surface area contributed by atoms with Gasteiger partial charge >= 0.3 is 6.03 Å². The molecule has 1 aromatic heterocycles. The minimum atomic E-state index is -0.220. The number of nitrogens with zero attached hydrogens (tertiary/aromatic N) is 2. The van der Waals surface area contributed by atoms with Crippen LogP contribution in [0.25, 0.3) is 0 Å². The Bertz CT molecular complexity index is 718. The van der Waals surface area contributed by atoms with Gasteiger partial charge in [-0.25, -0.2) is 4.79 Å². The number of urea groups is 1. The van der Waals surface area contributed by atoms with Gasteiger partial charge in [-0.15, -0.1) is 0 Å². The van der Waals surface area contributed by atoms with Crippen LogP contribution in [0.2, 0.25) is 0 Å². The zero-order valence-corrected chi connectivity index (χ0v) is 15.8. The molecule has 6 heteroatoms. The molecule has 0 saturated carbocycles. The number of para-hydroxylation sites is 1. The zero-order valence-electron chi connectivity index (χ0n) is 15.8. The maximum Gasteiger partial charge on any atom is 0.315 e. The molecule has 1 heterocycles. The molecule has 136 valence electrons. The van der Waals surface area contributed by atoms with E-state index in [4.69, 9.17) is 4.74 Å². The Labute approximate surface area is 149 Å². The lowest BCUT2D eigenvalue weighted by atomic mass is 9.82. The summed E-state index contributed by atoms with van der Waals surface area (Å²) >= 11 is 0. The summed E-state index contributed by atoms with van der Waals surface area (Å²) in [6.45, 7) is 8.21. The quantitative estimate of drug-likeness (QED) is 0.871. The van der Waals surface area contributed by atoms with Crippen LogP contribution >= 0.6 is 0 Å². The molecule has 2 amide bonds. The fraction of sp³-hybridized carbons (Fsp3) is 0.474. The van der Waals surface area contributed by atoms with Gasteiger partial charge in [-0.2, -0.15) is 5.10 Å². The van der Waals surface area contributed by atoms with Crippen LogP contribution in [0.15, 0.2) is 36.7 Å². The monoisotopic (exact) mass is 344 g/mol. The maximum atomic E-state index is 12.6. The number of carbonyl (C=O) groups is 1. The number of methoxy groups -OCH3 is 1. The van der Waals surface area contributed by atoms with E-state index in [9.17, 15) is 4.79 Å². The van der Waals surface area contributed by atoms with Gasteiger partial charge in [-0.05, 0) is 18.4 Å². The number of amides is 2. The Kier molecular flexibility index (Phi) is 5.72. The van der Waals surface area contributed by atoms with E-state index in [1.54, 1.807) is 18.0 Å². The summed E-state index contributed by atoms with van der Waals surface area (Å²) in [5.41, 5.74) is 1.74. The minimum absolute atomic E-state index is 0.132. The van der Waals surface area contributed by atoms with Crippen LogP contribution < -0.4 is 15.4 Å². The Balaban J connectivity index is 2.16. The summed E-state index contributed by atoms with van der Waals surface area (Å²) in [5.74, 6) is 0.767. The standard InChI is InChI=1S/C19H28N4O2/c1-13(14-11-20-23(5)12-14)21-18(24)22-17(19(2,3)4)15-9-7-8-10-16(15)25-6/h7-13,17H,1-6H3,(H2,21,22,24)/t13-,17-/m1/s1. The van der Waals surface area contributed by atoms with E-state index in [2.05, 4.69) is 36.5 Å². The first kappa shape index (κ1) is 18.8. The molecule has 2 rings (SSSR count). The molecule has 1 aromatic carbocycles. The van der Waals surface area contributed by atoms with Crippen LogP contribution in [0.3, 0.4) is 0 Å². The van der Waals surface area contributed by atoms with Crippen LogP contribution in [0, 0.1) is 5.41 Å². The van der Waals surface area contributed by atoms with Gasteiger partial charge in [0.1, 0.15) is 5.75 Å². The van der Waals surface area contributed by atoms with Crippen molar-refractivity contribution in [1.82, 2.24) is 20.4 Å². The summed E-state index contributed by atoms with van der Waals surface area (Å²) in [6, 6.07) is 7.23. The summed E-state index contributed by atoms with van der Waals surface area (Å²) in [7, 11) is 3.50. The number of carbonyl (C=O) groups excluding carboxylic acids is 1. The van der Waals surface area contributed by atoms with Gasteiger partial charge in [0.15, 0.2) is 0 Å². The Hall–Kier alpha value is -2.50. The van der Waals surface area contributed by atoms with E-state index in [1.807, 2.05) is 44.4 Å². The lowest BCUT2D eigenvalue weighted by molar-refractivity contribution is 0.214. The van der Waals surface area contributed by atoms with Crippen LogP contribution in [-0.4, -0.2) is 22.9 Å². The second kappa shape index (κ2) is 7.59. The molecular formula is C19H28N4O2. The molecule has 0 radical (unpaired) electrons. The molecule has 2 aromatic rings. The molecule has 25 heavy (non-hydrogen) atoms. The fourth-order valence-electron chi connectivity index (χ4n) is 2.78. The van der Waals surface area contributed by atoms with Gasteiger partial charge in [0.2, 0.25) is 0 Å². The summed E-state index contributed by atoms with van der Waals surface area (Å²) in [4.78, 5) is 12.6. The van der Waals surface area contributed by atoms with E-state index in [0.717, 1.165) is 16.9 Å². The van der Waals surface area contributed by atoms with Crippen molar-refractivity contribution in [3.8, 4) is 5.75 Å². The maximum absolute atomic E-state index is 12.6. The highest BCUT2D eigenvalue weighted by atomic mass is 16.5. The molecule has 0 spiro atoms. The zero-order chi connectivity index (χ0) is 18.6. The molecule has 0 saturated heterocycles. The van der Waals surface area contributed by atoms with Crippen molar-refractivity contribution in [3.05, 3.63) is 47.8 Å². The van der Waals surface area contributed by atoms with Crippen LogP contribution in [-0.2, 0) is 7.05 Å². The molecule has 2 N–H and O–H groups in total. The van der Waals surface area contributed by atoms with Gasteiger partial charge < -0.3 is 15.4 Å². The Morgan fingerprint density at radius 3 is 2.48 bits per heavy atom. The normalized spacial score (nSPS) is 13.8. The number of aromatic nitrogens is 2. The van der Waals surface area contributed by atoms with Gasteiger partial charge in [0.05, 0.1) is 25.4 Å². The van der Waals surface area contributed by atoms with Crippen LogP contribution in [0.4, 0.5) is 4.79 Å². The van der Waals surface area contributed by atoms with E-state index < -0.39 is 0 Å². The van der Waals surface area contributed by atoms with E-state index in [1.165, 1.54) is 0 Å². The number of hydrogen-bond donors (Lipinski definition) is 2. The average Bonchev–Trinajstić information content (AvgIpc) is 2.98. The molecule has 0 unspecified atom stereocenters. The Morgan fingerprint density at radius 2 is 1.92 bits per heavy atom. The second-order valence-corrected chi connectivity index (χ2v) is 7.33. The van der Waals surface area contributed by atoms with E-state index in [0.29, 0.717) is 0 Å². The first-order valence-corrected chi connectivity index (χ1v) is 8.41. The van der Waals surface area contributed by atoms with Crippen molar-refractivity contribution in [2.45, 2.75) is 39.8 Å². The third kappa shape index (κ3) is 4.75. The molecule has 6 nitrogen and oxygen atoms in total. The molecule has 0 aliphatic rings. The smallest absolute Gasteiger partial charge is 0.315 e. The highest BCUT2D eigenvalue weighted by molar-refractivity contribution is 5.75.